The van der Waals surface area contributed by atoms with Crippen molar-refractivity contribution >= 4 is 18.1 Å². The van der Waals surface area contributed by atoms with E-state index >= 15 is 0 Å². The molecular formula is C36H43ClN5O5P. The van der Waals surface area contributed by atoms with Crippen molar-refractivity contribution in [1.82, 2.24) is 24.4 Å². The van der Waals surface area contributed by atoms with E-state index in [1.165, 1.54) is 4.57 Å². The SMILES string of the molecule is Cc1cn(-c2ccccc2C(c2ccccc2)(c2ccccc2)[C@@H]2CNC[C@@H](COP(=O)(Cl)N3CCN(C(C)C)CC3)O2)c(=O)[nH]c1=O. The molecule has 12 heteroatoms. The van der Waals surface area contributed by atoms with Crippen LogP contribution in [0.5, 0.6) is 0 Å². The molecule has 0 aliphatic carbocycles. The quantitative estimate of drug-likeness (QED) is 0.178. The van der Waals surface area contributed by atoms with Gasteiger partial charge in [0.1, 0.15) is 0 Å². The standard InChI is InChI=1S/C36H43ClN5O5P/c1-26(2)40-18-20-41(21-19-40)48(37,45)46-25-30-22-38-23-33(47-30)36(28-12-6-4-7-13-28,29-14-8-5-9-15-29)31-16-10-11-17-32(31)42-24-27(3)34(43)39-35(42)44/h4-17,24,26,30,33,38H,18-23,25H2,1-3H3,(H,39,43,44)/t30-,33-,48?/m0/s1. The maximum atomic E-state index is 13.6. The summed E-state index contributed by atoms with van der Waals surface area (Å²) in [6.07, 6.45) is 0.607. The monoisotopic (exact) mass is 691 g/mol. The van der Waals surface area contributed by atoms with Gasteiger partial charge in [-0.25, -0.2) is 9.46 Å². The fraction of sp³-hybridized carbons (Fsp3) is 0.389. The third-order valence-corrected chi connectivity index (χ3v) is 12.0. The Hall–Kier alpha value is -3.34. The van der Waals surface area contributed by atoms with Gasteiger partial charge in [-0.15, -0.1) is 0 Å². The van der Waals surface area contributed by atoms with Crippen LogP contribution in [0.25, 0.3) is 5.69 Å². The molecule has 0 spiro atoms. The second-order valence-electron chi connectivity index (χ2n) is 12.7. The van der Waals surface area contributed by atoms with Crippen LogP contribution in [-0.2, 0) is 19.2 Å². The van der Waals surface area contributed by atoms with Crippen LogP contribution in [0.15, 0.2) is 101 Å². The number of hydrogen-bond acceptors (Lipinski definition) is 7. The van der Waals surface area contributed by atoms with E-state index in [0.717, 1.165) is 29.8 Å². The van der Waals surface area contributed by atoms with Gasteiger partial charge in [-0.3, -0.25) is 23.8 Å². The highest BCUT2D eigenvalue weighted by Crippen LogP contribution is 2.56. The van der Waals surface area contributed by atoms with Gasteiger partial charge in [0.2, 0.25) is 0 Å². The average molecular weight is 692 g/mol. The van der Waals surface area contributed by atoms with E-state index in [1.54, 1.807) is 17.8 Å². The number of morpholine rings is 1. The summed E-state index contributed by atoms with van der Waals surface area (Å²) < 4.78 is 29.8. The summed E-state index contributed by atoms with van der Waals surface area (Å²) in [4.78, 5) is 30.5. The molecule has 3 atom stereocenters. The van der Waals surface area contributed by atoms with Gasteiger partial charge in [-0.05, 0) is 54.8 Å². The second kappa shape index (κ2) is 14.6. The third kappa shape index (κ3) is 6.89. The van der Waals surface area contributed by atoms with E-state index in [-0.39, 0.29) is 6.61 Å². The first-order chi connectivity index (χ1) is 23.1. The van der Waals surface area contributed by atoms with Crippen LogP contribution >= 0.6 is 18.1 Å². The molecule has 1 unspecified atom stereocenters. The Morgan fingerprint density at radius 2 is 1.52 bits per heavy atom. The van der Waals surface area contributed by atoms with Crippen molar-refractivity contribution in [3.8, 4) is 5.69 Å². The normalized spacial score (nSPS) is 20.9. The molecule has 2 saturated heterocycles. The highest BCUT2D eigenvalue weighted by Gasteiger charge is 2.48. The number of aryl methyl sites for hydroxylation is 1. The number of H-pyrrole nitrogens is 1. The lowest BCUT2D eigenvalue weighted by atomic mass is 9.64. The number of rotatable bonds is 10. The van der Waals surface area contributed by atoms with Gasteiger partial charge in [0.25, 0.3) is 5.56 Å². The molecule has 2 aliphatic rings. The van der Waals surface area contributed by atoms with Crippen molar-refractivity contribution < 1.29 is 13.8 Å². The van der Waals surface area contributed by atoms with Crippen LogP contribution < -0.4 is 16.6 Å². The molecule has 0 bridgehead atoms. The second-order valence-corrected chi connectivity index (χ2v) is 15.7. The Morgan fingerprint density at radius 1 is 0.917 bits per heavy atom. The fourth-order valence-corrected chi connectivity index (χ4v) is 8.76. The van der Waals surface area contributed by atoms with Crippen LogP contribution in [0, 0.1) is 6.92 Å². The lowest BCUT2D eigenvalue weighted by Gasteiger charge is -2.46. The molecule has 3 heterocycles. The molecule has 4 aromatic rings. The molecule has 1 aromatic heterocycles. The minimum absolute atomic E-state index is 0.0363. The lowest BCUT2D eigenvalue weighted by Crippen LogP contribution is -2.56. The highest BCUT2D eigenvalue weighted by molar-refractivity contribution is 7.83. The Kier molecular flexibility index (Phi) is 10.5. The number of aromatic nitrogens is 2. The number of nitrogens with one attached hydrogen (secondary N) is 2. The first kappa shape index (κ1) is 34.5. The van der Waals surface area contributed by atoms with Crippen molar-refractivity contribution in [3.63, 3.8) is 0 Å². The van der Waals surface area contributed by atoms with Crippen molar-refractivity contribution in [2.45, 2.75) is 44.4 Å². The van der Waals surface area contributed by atoms with E-state index in [2.05, 4.69) is 53.3 Å². The van der Waals surface area contributed by atoms with Gasteiger partial charge in [0, 0.05) is 57.1 Å². The van der Waals surface area contributed by atoms with Crippen LogP contribution in [0.3, 0.4) is 0 Å². The number of ether oxygens (including phenoxy) is 1. The zero-order valence-electron chi connectivity index (χ0n) is 27.6. The molecule has 254 valence electrons. The number of piperazine rings is 1. The Bertz CT molecular complexity index is 1820. The first-order valence-corrected chi connectivity index (χ1v) is 18.9. The number of halogens is 1. The van der Waals surface area contributed by atoms with Gasteiger partial charge in [0.05, 0.1) is 29.9 Å². The van der Waals surface area contributed by atoms with Crippen LogP contribution in [0.2, 0.25) is 0 Å². The minimum atomic E-state index is -3.58. The molecule has 2 aliphatic heterocycles. The smallest absolute Gasteiger partial charge is 0.363 e. The van der Waals surface area contributed by atoms with Crippen molar-refractivity contribution in [2.24, 2.45) is 0 Å². The Labute approximate surface area is 285 Å². The summed E-state index contributed by atoms with van der Waals surface area (Å²) in [7, 11) is 0. The van der Waals surface area contributed by atoms with E-state index in [9.17, 15) is 14.2 Å². The highest BCUT2D eigenvalue weighted by atomic mass is 35.7. The maximum absolute atomic E-state index is 13.6. The fourth-order valence-electron chi connectivity index (χ4n) is 6.97. The van der Waals surface area contributed by atoms with E-state index < -0.39 is 35.7 Å². The van der Waals surface area contributed by atoms with Crippen molar-refractivity contribution in [2.75, 3.05) is 45.9 Å². The minimum Gasteiger partial charge on any atom is -0.368 e. The molecule has 10 nitrogen and oxygen atoms in total. The number of nitrogens with zero attached hydrogens (tertiary/aromatic N) is 3. The zero-order valence-corrected chi connectivity index (χ0v) is 29.2. The average Bonchev–Trinajstić information content (AvgIpc) is 3.11. The largest absolute Gasteiger partial charge is 0.368 e. The predicted octanol–water partition coefficient (Wildman–Crippen LogP) is 4.92. The molecular weight excluding hydrogens is 649 g/mol. The molecule has 0 radical (unpaired) electrons. The third-order valence-electron chi connectivity index (χ3n) is 9.49. The number of para-hydroxylation sites is 1. The zero-order chi connectivity index (χ0) is 33.9. The molecule has 2 fully saturated rings. The Morgan fingerprint density at radius 3 is 2.15 bits per heavy atom. The van der Waals surface area contributed by atoms with E-state index in [0.29, 0.717) is 43.5 Å². The van der Waals surface area contributed by atoms with Crippen LogP contribution in [0.1, 0.15) is 36.1 Å². The lowest BCUT2D eigenvalue weighted by molar-refractivity contribution is -0.0759. The summed E-state index contributed by atoms with van der Waals surface area (Å²) in [6, 6.07) is 28.3. The predicted molar refractivity (Wildman–Crippen MR) is 189 cm³/mol. The van der Waals surface area contributed by atoms with Gasteiger partial charge >= 0.3 is 12.6 Å². The summed E-state index contributed by atoms with van der Waals surface area (Å²) >= 11 is 6.61. The van der Waals surface area contributed by atoms with Crippen molar-refractivity contribution in [1.29, 1.82) is 0 Å². The number of benzene rings is 3. The van der Waals surface area contributed by atoms with Gasteiger partial charge < -0.3 is 14.6 Å². The van der Waals surface area contributed by atoms with Crippen LogP contribution in [0.4, 0.5) is 0 Å². The van der Waals surface area contributed by atoms with Gasteiger partial charge in [-0.1, -0.05) is 78.9 Å². The molecule has 0 saturated carbocycles. The summed E-state index contributed by atoms with van der Waals surface area (Å²) in [6.45, 7) is 6.07. The van der Waals surface area contributed by atoms with E-state index in [1.807, 2.05) is 60.7 Å². The maximum Gasteiger partial charge on any atom is 0.363 e. The number of hydrogen-bond donors (Lipinski definition) is 2. The number of aromatic amines is 1. The summed E-state index contributed by atoms with van der Waals surface area (Å²) in [5, 5.41) is 3.55. The molecule has 48 heavy (non-hydrogen) atoms. The molecule has 3 aromatic carbocycles. The van der Waals surface area contributed by atoms with E-state index in [4.69, 9.17) is 20.5 Å². The topological polar surface area (TPSA) is 109 Å². The molecule has 6 rings (SSSR count). The van der Waals surface area contributed by atoms with Crippen LogP contribution in [-0.4, -0.2) is 83.2 Å². The summed E-state index contributed by atoms with van der Waals surface area (Å²) in [5.41, 5.74) is 1.86. The van der Waals surface area contributed by atoms with Gasteiger partial charge in [0.15, 0.2) is 0 Å². The van der Waals surface area contributed by atoms with Gasteiger partial charge in [-0.2, -0.15) is 0 Å². The Balaban J connectivity index is 1.41. The summed E-state index contributed by atoms with van der Waals surface area (Å²) in [5.74, 6) is 0. The molecule has 2 N–H and O–H groups in total. The molecule has 0 amide bonds. The van der Waals surface area contributed by atoms with Crippen molar-refractivity contribution in [3.05, 3.63) is 134 Å². The first-order valence-electron chi connectivity index (χ1n) is 16.4.